The van der Waals surface area contributed by atoms with Gasteiger partial charge in [0.25, 0.3) is 5.91 Å². The molecule has 144 valence electrons. The van der Waals surface area contributed by atoms with Crippen LogP contribution in [0.15, 0.2) is 12.3 Å². The molecule has 3 rings (SSSR count). The van der Waals surface area contributed by atoms with Gasteiger partial charge < -0.3 is 15.0 Å². The van der Waals surface area contributed by atoms with Crippen LogP contribution in [0.4, 0.5) is 0 Å². The van der Waals surface area contributed by atoms with Crippen molar-refractivity contribution in [3.8, 4) is 0 Å². The van der Waals surface area contributed by atoms with Crippen molar-refractivity contribution < 1.29 is 14.3 Å². The SMILES string of the molecule is CCn1ccc(C(=O)N2CCC[C@H](CC(=O)NCC3CCOCC3)C2)n1. The predicted octanol–water partition coefficient (Wildman–Crippen LogP) is 1.69. The van der Waals surface area contributed by atoms with Crippen LogP contribution < -0.4 is 5.32 Å². The van der Waals surface area contributed by atoms with Crippen LogP contribution in [0.2, 0.25) is 0 Å². The summed E-state index contributed by atoms with van der Waals surface area (Å²) in [5, 5.41) is 7.38. The van der Waals surface area contributed by atoms with E-state index in [0.29, 0.717) is 24.6 Å². The van der Waals surface area contributed by atoms with Gasteiger partial charge in [0.2, 0.25) is 5.91 Å². The fourth-order valence-corrected chi connectivity index (χ4v) is 3.77. The lowest BCUT2D eigenvalue weighted by atomic mass is 9.94. The Morgan fingerprint density at radius 2 is 2.08 bits per heavy atom. The number of aromatic nitrogens is 2. The van der Waals surface area contributed by atoms with E-state index in [1.165, 1.54) is 0 Å². The van der Waals surface area contributed by atoms with E-state index < -0.39 is 0 Å². The van der Waals surface area contributed by atoms with Crippen molar-refractivity contribution in [3.05, 3.63) is 18.0 Å². The molecule has 1 atom stereocenters. The van der Waals surface area contributed by atoms with Crippen LogP contribution in [0.25, 0.3) is 0 Å². The molecule has 1 N–H and O–H groups in total. The van der Waals surface area contributed by atoms with E-state index in [9.17, 15) is 9.59 Å². The van der Waals surface area contributed by atoms with E-state index in [2.05, 4.69) is 10.4 Å². The number of hydrogen-bond acceptors (Lipinski definition) is 4. The quantitative estimate of drug-likeness (QED) is 0.835. The van der Waals surface area contributed by atoms with Gasteiger partial charge in [-0.05, 0) is 50.5 Å². The van der Waals surface area contributed by atoms with Gasteiger partial charge in [-0.2, -0.15) is 5.10 Å². The molecule has 0 radical (unpaired) electrons. The molecule has 0 aliphatic carbocycles. The maximum absolute atomic E-state index is 12.6. The van der Waals surface area contributed by atoms with E-state index in [-0.39, 0.29) is 17.7 Å². The second-order valence-corrected chi connectivity index (χ2v) is 7.38. The zero-order chi connectivity index (χ0) is 18.4. The molecule has 2 fully saturated rings. The number of nitrogens with zero attached hydrogens (tertiary/aromatic N) is 3. The molecule has 0 bridgehead atoms. The molecule has 1 aromatic rings. The van der Waals surface area contributed by atoms with Gasteiger partial charge in [0.15, 0.2) is 0 Å². The first-order valence-electron chi connectivity index (χ1n) is 9.83. The molecule has 2 aliphatic heterocycles. The van der Waals surface area contributed by atoms with Crippen LogP contribution in [0.3, 0.4) is 0 Å². The Morgan fingerprint density at radius 1 is 1.27 bits per heavy atom. The fourth-order valence-electron chi connectivity index (χ4n) is 3.77. The fraction of sp³-hybridized carbons (Fsp3) is 0.737. The summed E-state index contributed by atoms with van der Waals surface area (Å²) < 4.78 is 7.11. The second-order valence-electron chi connectivity index (χ2n) is 7.38. The highest BCUT2D eigenvalue weighted by atomic mass is 16.5. The predicted molar refractivity (Wildman–Crippen MR) is 97.7 cm³/mol. The summed E-state index contributed by atoms with van der Waals surface area (Å²) in [6.45, 7) is 6.48. The summed E-state index contributed by atoms with van der Waals surface area (Å²) in [5.41, 5.74) is 0.497. The van der Waals surface area contributed by atoms with E-state index in [4.69, 9.17) is 4.74 Å². The summed E-state index contributed by atoms with van der Waals surface area (Å²) in [4.78, 5) is 26.8. The Bertz CT molecular complexity index is 610. The highest BCUT2D eigenvalue weighted by molar-refractivity contribution is 5.92. The van der Waals surface area contributed by atoms with Gasteiger partial charge in [0, 0.05) is 52.0 Å². The van der Waals surface area contributed by atoms with Gasteiger partial charge in [0.05, 0.1) is 0 Å². The van der Waals surface area contributed by atoms with E-state index in [0.717, 1.165) is 58.5 Å². The van der Waals surface area contributed by atoms with Gasteiger partial charge in [-0.3, -0.25) is 14.3 Å². The van der Waals surface area contributed by atoms with E-state index >= 15 is 0 Å². The van der Waals surface area contributed by atoms with Crippen LogP contribution in [0.1, 0.15) is 49.5 Å². The lowest BCUT2D eigenvalue weighted by molar-refractivity contribution is -0.122. The molecule has 7 heteroatoms. The number of amides is 2. The number of nitrogens with one attached hydrogen (secondary N) is 1. The average Bonchev–Trinajstić information content (AvgIpc) is 3.16. The molecular formula is C19H30N4O3. The first kappa shape index (κ1) is 18.9. The molecule has 7 nitrogen and oxygen atoms in total. The highest BCUT2D eigenvalue weighted by Gasteiger charge is 2.27. The van der Waals surface area contributed by atoms with Crippen LogP contribution in [0.5, 0.6) is 0 Å². The summed E-state index contributed by atoms with van der Waals surface area (Å²) in [5.74, 6) is 0.844. The van der Waals surface area contributed by atoms with Gasteiger partial charge in [-0.25, -0.2) is 0 Å². The Kier molecular flexibility index (Phi) is 6.66. The third-order valence-electron chi connectivity index (χ3n) is 5.39. The lowest BCUT2D eigenvalue weighted by Crippen LogP contribution is -2.42. The van der Waals surface area contributed by atoms with Crippen LogP contribution in [-0.4, -0.2) is 59.3 Å². The third-order valence-corrected chi connectivity index (χ3v) is 5.39. The minimum Gasteiger partial charge on any atom is -0.381 e. The number of rotatable bonds is 6. The minimum absolute atomic E-state index is 0.0236. The van der Waals surface area contributed by atoms with Crippen molar-refractivity contribution in [1.82, 2.24) is 20.0 Å². The number of carbonyl (C=O) groups is 2. The summed E-state index contributed by atoms with van der Waals surface area (Å²) in [7, 11) is 0. The smallest absolute Gasteiger partial charge is 0.274 e. The van der Waals surface area contributed by atoms with E-state index in [1.807, 2.05) is 18.0 Å². The molecule has 3 heterocycles. The first-order chi connectivity index (χ1) is 12.7. The molecule has 0 unspecified atom stereocenters. The summed E-state index contributed by atoms with van der Waals surface area (Å²) in [6.07, 6.45) is 6.32. The number of aryl methyl sites for hydroxylation is 1. The van der Waals surface area contributed by atoms with Crippen LogP contribution in [-0.2, 0) is 16.1 Å². The third kappa shape index (κ3) is 5.06. The zero-order valence-corrected chi connectivity index (χ0v) is 15.7. The number of likely N-dealkylation sites (tertiary alicyclic amines) is 1. The molecule has 0 saturated carbocycles. The molecule has 26 heavy (non-hydrogen) atoms. The molecule has 2 aliphatic rings. The van der Waals surface area contributed by atoms with Crippen LogP contribution in [0, 0.1) is 11.8 Å². The standard InChI is InChI=1S/C19H30N4O3/c1-2-23-9-5-17(21-23)19(25)22-8-3-4-16(14-22)12-18(24)20-13-15-6-10-26-11-7-15/h5,9,15-16H,2-4,6-8,10-14H2,1H3,(H,20,24)/t16-/m1/s1. The first-order valence-corrected chi connectivity index (χ1v) is 9.83. The summed E-state index contributed by atoms with van der Waals surface area (Å²) in [6, 6.07) is 1.77. The Labute approximate surface area is 155 Å². The number of ether oxygens (including phenoxy) is 1. The zero-order valence-electron chi connectivity index (χ0n) is 15.7. The number of hydrogen-bond donors (Lipinski definition) is 1. The Balaban J connectivity index is 1.45. The molecule has 0 spiro atoms. The Hall–Kier alpha value is -1.89. The highest BCUT2D eigenvalue weighted by Crippen LogP contribution is 2.21. The van der Waals surface area contributed by atoms with Gasteiger partial charge in [-0.15, -0.1) is 0 Å². The number of carbonyl (C=O) groups excluding carboxylic acids is 2. The molecule has 2 saturated heterocycles. The topological polar surface area (TPSA) is 76.5 Å². The maximum Gasteiger partial charge on any atom is 0.274 e. The van der Waals surface area contributed by atoms with Crippen molar-refractivity contribution in [3.63, 3.8) is 0 Å². The molecule has 1 aromatic heterocycles. The molecule has 0 aromatic carbocycles. The van der Waals surface area contributed by atoms with Crippen molar-refractivity contribution >= 4 is 11.8 Å². The number of piperidine rings is 1. The van der Waals surface area contributed by atoms with Crippen LogP contribution >= 0.6 is 0 Å². The van der Waals surface area contributed by atoms with E-state index in [1.54, 1.807) is 10.7 Å². The van der Waals surface area contributed by atoms with Crippen molar-refractivity contribution in [2.45, 2.75) is 45.6 Å². The van der Waals surface area contributed by atoms with Gasteiger partial charge in [0.1, 0.15) is 5.69 Å². The van der Waals surface area contributed by atoms with Gasteiger partial charge >= 0.3 is 0 Å². The largest absolute Gasteiger partial charge is 0.381 e. The molecule has 2 amide bonds. The van der Waals surface area contributed by atoms with Gasteiger partial charge in [-0.1, -0.05) is 0 Å². The average molecular weight is 362 g/mol. The van der Waals surface area contributed by atoms with Crippen molar-refractivity contribution in [2.24, 2.45) is 11.8 Å². The monoisotopic (exact) mass is 362 g/mol. The minimum atomic E-state index is -0.0236. The second kappa shape index (κ2) is 9.16. The van der Waals surface area contributed by atoms with Crippen molar-refractivity contribution in [1.29, 1.82) is 0 Å². The summed E-state index contributed by atoms with van der Waals surface area (Å²) >= 11 is 0. The Morgan fingerprint density at radius 3 is 2.81 bits per heavy atom. The normalized spacial score (nSPS) is 21.6. The lowest BCUT2D eigenvalue weighted by Gasteiger charge is -2.32. The molecular weight excluding hydrogens is 332 g/mol. The maximum atomic E-state index is 12.6. The van der Waals surface area contributed by atoms with Crippen molar-refractivity contribution in [2.75, 3.05) is 32.8 Å².